The average molecular weight is 286 g/mol. The number of anilines is 2. The third-order valence-electron chi connectivity index (χ3n) is 2.42. The lowest BCUT2D eigenvalue weighted by Gasteiger charge is -2.27. The summed E-state index contributed by atoms with van der Waals surface area (Å²) in [6, 6.07) is 2.73. The number of halogens is 6. The van der Waals surface area contributed by atoms with Crippen molar-refractivity contribution in [3.63, 3.8) is 0 Å². The fourth-order valence-electron chi connectivity index (χ4n) is 1.64. The quantitative estimate of drug-likeness (QED) is 0.678. The highest BCUT2D eigenvalue weighted by atomic mass is 19.4. The summed E-state index contributed by atoms with van der Waals surface area (Å²) < 4.78 is 75.4. The molecule has 1 rings (SSSR count). The number of rotatable bonds is 3. The Kier molecular flexibility index (Phi) is 4.21. The molecular weight excluding hydrogens is 274 g/mol. The zero-order valence-electron chi connectivity index (χ0n) is 9.94. The van der Waals surface area contributed by atoms with E-state index in [4.69, 9.17) is 5.73 Å². The molecule has 1 aromatic rings. The molecule has 0 saturated carbocycles. The van der Waals surface area contributed by atoms with Crippen LogP contribution in [0.1, 0.15) is 12.5 Å². The molecule has 2 N–H and O–H groups in total. The average Bonchev–Trinajstić information content (AvgIpc) is 2.23. The van der Waals surface area contributed by atoms with Gasteiger partial charge in [-0.25, -0.2) is 0 Å². The van der Waals surface area contributed by atoms with Crippen LogP contribution in [0.2, 0.25) is 0 Å². The van der Waals surface area contributed by atoms with E-state index in [0.717, 1.165) is 12.1 Å². The van der Waals surface area contributed by atoms with Crippen molar-refractivity contribution in [2.75, 3.05) is 23.7 Å². The predicted molar refractivity (Wildman–Crippen MR) is 59.8 cm³/mol. The van der Waals surface area contributed by atoms with E-state index < -0.39 is 30.1 Å². The van der Waals surface area contributed by atoms with Gasteiger partial charge in [0, 0.05) is 17.9 Å². The van der Waals surface area contributed by atoms with E-state index in [1.165, 1.54) is 6.92 Å². The van der Waals surface area contributed by atoms with Crippen molar-refractivity contribution in [3.8, 4) is 0 Å². The van der Waals surface area contributed by atoms with Crippen LogP contribution in [0.15, 0.2) is 18.2 Å². The SMILES string of the molecule is CCN(CC(F)(F)F)c1ccc(N)cc1C(F)(F)F. The van der Waals surface area contributed by atoms with Crippen molar-refractivity contribution >= 4 is 11.4 Å². The summed E-state index contributed by atoms with van der Waals surface area (Å²) in [5, 5.41) is 0. The highest BCUT2D eigenvalue weighted by molar-refractivity contribution is 5.61. The Labute approximate surface area is 105 Å². The number of hydrogen-bond acceptors (Lipinski definition) is 2. The molecule has 19 heavy (non-hydrogen) atoms. The van der Waals surface area contributed by atoms with Gasteiger partial charge in [-0.3, -0.25) is 0 Å². The summed E-state index contributed by atoms with van der Waals surface area (Å²) in [5.41, 5.74) is 3.40. The topological polar surface area (TPSA) is 29.3 Å². The van der Waals surface area contributed by atoms with E-state index in [9.17, 15) is 26.3 Å². The molecule has 0 atom stereocenters. The van der Waals surface area contributed by atoms with Gasteiger partial charge in [0.05, 0.1) is 5.56 Å². The maximum Gasteiger partial charge on any atom is 0.418 e. The molecule has 1 aromatic carbocycles. The monoisotopic (exact) mass is 286 g/mol. The first-order chi connectivity index (χ1) is 8.54. The van der Waals surface area contributed by atoms with Crippen LogP contribution >= 0.6 is 0 Å². The molecule has 0 aromatic heterocycles. The van der Waals surface area contributed by atoms with Gasteiger partial charge < -0.3 is 10.6 Å². The summed E-state index contributed by atoms with van der Waals surface area (Å²) in [6.07, 6.45) is -9.34. The van der Waals surface area contributed by atoms with Crippen molar-refractivity contribution in [1.29, 1.82) is 0 Å². The van der Waals surface area contributed by atoms with Crippen LogP contribution in [0.5, 0.6) is 0 Å². The summed E-state index contributed by atoms with van der Waals surface area (Å²) in [5.74, 6) is 0. The Morgan fingerprint density at radius 2 is 1.68 bits per heavy atom. The Hall–Kier alpha value is -1.60. The molecule has 0 radical (unpaired) electrons. The van der Waals surface area contributed by atoms with Crippen LogP contribution in [0.4, 0.5) is 37.7 Å². The van der Waals surface area contributed by atoms with Crippen LogP contribution in [-0.2, 0) is 6.18 Å². The van der Waals surface area contributed by atoms with Gasteiger partial charge in [-0.05, 0) is 25.1 Å². The minimum atomic E-state index is -4.76. The first-order valence-corrected chi connectivity index (χ1v) is 5.33. The fourth-order valence-corrected chi connectivity index (χ4v) is 1.64. The molecule has 0 saturated heterocycles. The van der Waals surface area contributed by atoms with E-state index in [1.54, 1.807) is 0 Å². The van der Waals surface area contributed by atoms with Crippen LogP contribution in [0.25, 0.3) is 0 Å². The Bertz CT molecular complexity index is 438. The molecule has 0 bridgehead atoms. The Morgan fingerprint density at radius 1 is 1.11 bits per heavy atom. The van der Waals surface area contributed by atoms with Gasteiger partial charge >= 0.3 is 12.4 Å². The smallest absolute Gasteiger partial charge is 0.399 e. The van der Waals surface area contributed by atoms with Crippen LogP contribution < -0.4 is 10.6 Å². The molecule has 8 heteroatoms. The molecule has 0 aliphatic carbocycles. The highest BCUT2D eigenvalue weighted by Crippen LogP contribution is 2.38. The van der Waals surface area contributed by atoms with Crippen LogP contribution in [0.3, 0.4) is 0 Å². The van der Waals surface area contributed by atoms with Crippen molar-refractivity contribution < 1.29 is 26.3 Å². The second-order valence-corrected chi connectivity index (χ2v) is 3.90. The van der Waals surface area contributed by atoms with E-state index in [-0.39, 0.29) is 12.2 Å². The number of alkyl halides is 6. The third kappa shape index (κ3) is 4.22. The van der Waals surface area contributed by atoms with Gasteiger partial charge in [-0.2, -0.15) is 26.3 Å². The van der Waals surface area contributed by atoms with E-state index in [1.807, 2.05) is 0 Å². The lowest BCUT2D eigenvalue weighted by molar-refractivity contribution is -0.138. The van der Waals surface area contributed by atoms with Crippen molar-refractivity contribution in [2.45, 2.75) is 19.3 Å². The lowest BCUT2D eigenvalue weighted by atomic mass is 10.1. The first-order valence-electron chi connectivity index (χ1n) is 5.33. The van der Waals surface area contributed by atoms with Gasteiger partial charge in [0.1, 0.15) is 6.54 Å². The van der Waals surface area contributed by atoms with E-state index in [2.05, 4.69) is 0 Å². The molecule has 0 aliphatic heterocycles. The van der Waals surface area contributed by atoms with Gasteiger partial charge in [0.15, 0.2) is 0 Å². The molecule has 0 amide bonds. The normalized spacial score (nSPS) is 12.6. The highest BCUT2D eigenvalue weighted by Gasteiger charge is 2.37. The maximum atomic E-state index is 12.8. The minimum Gasteiger partial charge on any atom is -0.399 e. The zero-order valence-corrected chi connectivity index (χ0v) is 9.94. The number of benzene rings is 1. The maximum absolute atomic E-state index is 12.8. The molecule has 0 heterocycles. The molecule has 0 aliphatic rings. The largest absolute Gasteiger partial charge is 0.418 e. The second-order valence-electron chi connectivity index (χ2n) is 3.90. The molecule has 0 unspecified atom stereocenters. The molecule has 0 fully saturated rings. The minimum absolute atomic E-state index is 0.154. The number of nitrogen functional groups attached to an aromatic ring is 1. The van der Waals surface area contributed by atoms with Crippen molar-refractivity contribution in [2.24, 2.45) is 0 Å². The second kappa shape index (κ2) is 5.18. The third-order valence-corrected chi connectivity index (χ3v) is 2.42. The lowest BCUT2D eigenvalue weighted by Crippen LogP contribution is -2.35. The Morgan fingerprint density at radius 3 is 2.11 bits per heavy atom. The Balaban J connectivity index is 3.24. The van der Waals surface area contributed by atoms with Gasteiger partial charge in [-0.1, -0.05) is 0 Å². The van der Waals surface area contributed by atoms with Gasteiger partial charge in [0.2, 0.25) is 0 Å². The molecular formula is C11H12F6N2. The summed E-state index contributed by atoms with van der Waals surface area (Å²) in [4.78, 5) is 0.613. The van der Waals surface area contributed by atoms with Crippen LogP contribution in [0, 0.1) is 0 Å². The van der Waals surface area contributed by atoms with Crippen LogP contribution in [-0.4, -0.2) is 19.3 Å². The standard InChI is InChI=1S/C11H12F6N2/c1-2-19(6-10(12,13)14)9-4-3-7(18)5-8(9)11(15,16)17/h3-5H,2,6,18H2,1H3. The summed E-state index contributed by atoms with van der Waals surface area (Å²) in [7, 11) is 0. The number of nitrogens with zero attached hydrogens (tertiary/aromatic N) is 1. The molecule has 0 spiro atoms. The van der Waals surface area contributed by atoms with Crippen molar-refractivity contribution in [3.05, 3.63) is 23.8 Å². The van der Waals surface area contributed by atoms with Crippen molar-refractivity contribution in [1.82, 2.24) is 0 Å². The van der Waals surface area contributed by atoms with Gasteiger partial charge in [0.25, 0.3) is 0 Å². The number of hydrogen-bond donors (Lipinski definition) is 1. The van der Waals surface area contributed by atoms with E-state index >= 15 is 0 Å². The summed E-state index contributed by atoms with van der Waals surface area (Å²) >= 11 is 0. The fraction of sp³-hybridized carbons (Fsp3) is 0.455. The van der Waals surface area contributed by atoms with Gasteiger partial charge in [-0.15, -0.1) is 0 Å². The van der Waals surface area contributed by atoms with E-state index in [0.29, 0.717) is 11.0 Å². The molecule has 108 valence electrons. The predicted octanol–water partition coefficient (Wildman–Crippen LogP) is 3.68. The number of nitrogens with two attached hydrogens (primary N) is 1. The molecule has 2 nitrogen and oxygen atoms in total. The first kappa shape index (κ1) is 15.5. The summed E-state index contributed by atoms with van der Waals surface area (Å²) in [6.45, 7) is -0.300. The zero-order chi connectivity index (χ0) is 14.8.